The molecule has 0 atom stereocenters. The quantitative estimate of drug-likeness (QED) is 0.256. The molecule has 5 rings (SSSR count). The predicted octanol–water partition coefficient (Wildman–Crippen LogP) is 8.47. The van der Waals surface area contributed by atoms with Gasteiger partial charge in [-0.25, -0.2) is 4.98 Å². The van der Waals surface area contributed by atoms with Crippen LogP contribution in [0, 0.1) is 0 Å². The highest BCUT2D eigenvalue weighted by molar-refractivity contribution is 6.12. The maximum atomic E-state index is 6.74. The lowest BCUT2D eigenvalue weighted by Gasteiger charge is -2.16. The van der Waals surface area contributed by atoms with Crippen molar-refractivity contribution in [1.82, 2.24) is 9.55 Å². The Morgan fingerprint density at radius 3 is 2.30 bits per heavy atom. The Morgan fingerprint density at radius 2 is 1.61 bits per heavy atom. The molecule has 0 saturated carbocycles. The molecule has 0 N–H and O–H groups in total. The van der Waals surface area contributed by atoms with E-state index < -0.39 is 0 Å². The van der Waals surface area contributed by atoms with Crippen LogP contribution >= 0.6 is 0 Å². The van der Waals surface area contributed by atoms with Gasteiger partial charge in [0.25, 0.3) is 0 Å². The van der Waals surface area contributed by atoms with Gasteiger partial charge >= 0.3 is 0 Å². The third kappa shape index (κ3) is 3.47. The van der Waals surface area contributed by atoms with Crippen LogP contribution in [0.2, 0.25) is 0 Å². The Morgan fingerprint density at radius 1 is 0.848 bits per heavy atom. The van der Waals surface area contributed by atoms with E-state index in [0.717, 1.165) is 48.2 Å². The summed E-state index contributed by atoms with van der Waals surface area (Å²) in [4.78, 5) is 4.76. The molecule has 2 aromatic heterocycles. The topological polar surface area (TPSA) is 31.0 Å². The molecule has 0 amide bonds. The lowest BCUT2D eigenvalue weighted by molar-refractivity contribution is 0.611. The molecule has 0 aliphatic carbocycles. The highest BCUT2D eigenvalue weighted by atomic mass is 16.3. The highest BCUT2D eigenvalue weighted by Crippen LogP contribution is 2.42. The number of hydrogen-bond acceptors (Lipinski definition) is 2. The van der Waals surface area contributed by atoms with Crippen LogP contribution in [0.1, 0.15) is 63.1 Å². The largest absolute Gasteiger partial charge is 0.455 e. The fourth-order valence-electron chi connectivity index (χ4n) is 5.25. The van der Waals surface area contributed by atoms with Crippen molar-refractivity contribution in [1.29, 1.82) is 0 Å². The van der Waals surface area contributed by atoms with Crippen LogP contribution in [0.5, 0.6) is 0 Å². The number of benzene rings is 3. The number of hydrogen-bond donors (Lipinski definition) is 0. The van der Waals surface area contributed by atoms with E-state index in [9.17, 15) is 0 Å². The molecule has 2 heterocycles. The van der Waals surface area contributed by atoms with Crippen molar-refractivity contribution in [3.8, 4) is 17.1 Å². The van der Waals surface area contributed by atoms with Crippen LogP contribution in [0.25, 0.3) is 39.0 Å². The van der Waals surface area contributed by atoms with Crippen LogP contribution < -0.4 is 0 Å². The Bertz CT molecular complexity index is 1400. The number of nitrogens with zero attached hydrogens (tertiary/aromatic N) is 2. The van der Waals surface area contributed by atoms with Crippen molar-refractivity contribution in [2.75, 3.05) is 0 Å². The van der Waals surface area contributed by atoms with Gasteiger partial charge in [-0.3, -0.25) is 4.57 Å². The molecular weight excluding hydrogens is 404 g/mol. The van der Waals surface area contributed by atoms with E-state index in [4.69, 9.17) is 9.40 Å². The third-order valence-corrected chi connectivity index (χ3v) is 7.03. The molecule has 3 heteroatoms. The van der Waals surface area contributed by atoms with Crippen molar-refractivity contribution < 1.29 is 4.42 Å². The lowest BCUT2D eigenvalue weighted by atomic mass is 9.91. The van der Waals surface area contributed by atoms with E-state index in [2.05, 4.69) is 87.0 Å². The Labute approximate surface area is 196 Å². The van der Waals surface area contributed by atoms with E-state index >= 15 is 0 Å². The number of para-hydroxylation sites is 1. The Kier molecular flexibility index (Phi) is 5.80. The molecule has 5 aromatic rings. The maximum absolute atomic E-state index is 6.74. The summed E-state index contributed by atoms with van der Waals surface area (Å²) in [6.07, 6.45) is 8.10. The first-order chi connectivity index (χ1) is 16.2. The summed E-state index contributed by atoms with van der Waals surface area (Å²) >= 11 is 0. The second-order valence-corrected chi connectivity index (χ2v) is 8.78. The van der Waals surface area contributed by atoms with Crippen LogP contribution in [0.4, 0.5) is 0 Å². The predicted molar refractivity (Wildman–Crippen MR) is 138 cm³/mol. The van der Waals surface area contributed by atoms with Gasteiger partial charge in [-0.05, 0) is 54.4 Å². The second kappa shape index (κ2) is 8.90. The first kappa shape index (κ1) is 21.5. The van der Waals surface area contributed by atoms with Crippen molar-refractivity contribution in [2.24, 2.45) is 0 Å². The molecule has 0 spiro atoms. The van der Waals surface area contributed by atoms with Crippen molar-refractivity contribution in [3.05, 3.63) is 83.7 Å². The first-order valence-corrected chi connectivity index (χ1v) is 12.3. The summed E-state index contributed by atoms with van der Waals surface area (Å²) in [5.41, 5.74) is 8.30. The third-order valence-electron chi connectivity index (χ3n) is 7.03. The first-order valence-electron chi connectivity index (χ1n) is 12.3. The average molecular weight is 437 g/mol. The van der Waals surface area contributed by atoms with Gasteiger partial charge < -0.3 is 4.42 Å². The Hall–Kier alpha value is -3.33. The van der Waals surface area contributed by atoms with E-state index in [-0.39, 0.29) is 0 Å². The zero-order valence-electron chi connectivity index (χ0n) is 20.1. The van der Waals surface area contributed by atoms with Gasteiger partial charge in [-0.2, -0.15) is 0 Å². The van der Waals surface area contributed by atoms with Crippen molar-refractivity contribution >= 4 is 21.9 Å². The molecule has 3 aromatic carbocycles. The number of fused-ring (bicyclic) bond motifs is 3. The monoisotopic (exact) mass is 436 g/mol. The number of aromatic nitrogens is 2. The van der Waals surface area contributed by atoms with Crippen LogP contribution in [0.3, 0.4) is 0 Å². The molecule has 0 unspecified atom stereocenters. The minimum Gasteiger partial charge on any atom is -0.455 e. The summed E-state index contributed by atoms with van der Waals surface area (Å²) in [6.45, 7) is 8.99. The molecule has 33 heavy (non-hydrogen) atoms. The summed E-state index contributed by atoms with van der Waals surface area (Å²) in [5, 5.41) is 2.42. The second-order valence-electron chi connectivity index (χ2n) is 8.78. The van der Waals surface area contributed by atoms with Crippen molar-refractivity contribution in [3.63, 3.8) is 0 Å². The zero-order valence-corrected chi connectivity index (χ0v) is 20.1. The lowest BCUT2D eigenvalue weighted by Crippen LogP contribution is -2.03. The minimum atomic E-state index is 0.501. The number of imidazole rings is 1. The summed E-state index contributed by atoms with van der Waals surface area (Å²) in [7, 11) is 0. The molecule has 3 nitrogen and oxygen atoms in total. The number of furan rings is 1. The van der Waals surface area contributed by atoms with Gasteiger partial charge in [0.05, 0.1) is 11.1 Å². The molecule has 0 saturated heterocycles. The fraction of sp³-hybridized carbons (Fsp3) is 0.300. The molecule has 0 aliphatic heterocycles. The van der Waals surface area contributed by atoms with E-state index in [1.165, 1.54) is 33.2 Å². The van der Waals surface area contributed by atoms with Gasteiger partial charge in [0, 0.05) is 23.3 Å². The molecule has 0 bridgehead atoms. The maximum Gasteiger partial charge on any atom is 0.144 e. The SMILES string of the molecule is CCc1cc(CC)c2oc3c(C(CC)CC)cccc3c2c1-n1ccnc1-c1ccccc1. The Balaban J connectivity index is 1.90. The van der Waals surface area contributed by atoms with Crippen LogP contribution in [-0.2, 0) is 12.8 Å². The zero-order chi connectivity index (χ0) is 22.9. The van der Waals surface area contributed by atoms with Gasteiger partial charge in [0.2, 0.25) is 0 Å². The average Bonchev–Trinajstić information content (AvgIpc) is 3.50. The summed E-state index contributed by atoms with van der Waals surface area (Å²) in [6, 6.07) is 19.5. The van der Waals surface area contributed by atoms with Gasteiger partial charge in [0.15, 0.2) is 0 Å². The number of aryl methyl sites for hydroxylation is 2. The smallest absolute Gasteiger partial charge is 0.144 e. The van der Waals surface area contributed by atoms with Gasteiger partial charge in [0.1, 0.15) is 17.0 Å². The van der Waals surface area contributed by atoms with Crippen LogP contribution in [0.15, 0.2) is 71.4 Å². The minimum absolute atomic E-state index is 0.501. The van der Waals surface area contributed by atoms with E-state index in [0.29, 0.717) is 5.92 Å². The highest BCUT2D eigenvalue weighted by Gasteiger charge is 2.23. The van der Waals surface area contributed by atoms with E-state index in [1.54, 1.807) is 0 Å². The van der Waals surface area contributed by atoms with E-state index in [1.807, 2.05) is 12.3 Å². The normalized spacial score (nSPS) is 11.8. The number of rotatable bonds is 7. The van der Waals surface area contributed by atoms with Gasteiger partial charge in [-0.1, -0.05) is 76.2 Å². The molecule has 168 valence electrons. The fourth-order valence-corrected chi connectivity index (χ4v) is 5.25. The molecule has 0 radical (unpaired) electrons. The van der Waals surface area contributed by atoms with Crippen molar-refractivity contribution in [2.45, 2.75) is 59.3 Å². The summed E-state index contributed by atoms with van der Waals surface area (Å²) < 4.78 is 9.00. The standard InChI is InChI=1S/C30H32N2O/c1-5-20(6-2)24-15-12-16-25-26-27(21(7-3)19-22(8-4)28(26)33-29(24)25)32-18-17-31-30(32)23-13-10-9-11-14-23/h9-20H,5-8H2,1-4H3. The van der Waals surface area contributed by atoms with Crippen LogP contribution in [-0.4, -0.2) is 9.55 Å². The molecular formula is C30H32N2O. The van der Waals surface area contributed by atoms with Gasteiger partial charge in [-0.15, -0.1) is 0 Å². The molecule has 0 aliphatic rings. The molecule has 0 fully saturated rings. The summed E-state index contributed by atoms with van der Waals surface area (Å²) in [5.74, 6) is 1.46.